The quantitative estimate of drug-likeness (QED) is 0.275. The number of carbonyl (C=O) groups is 3. The molecule has 0 spiro atoms. The van der Waals surface area contributed by atoms with E-state index in [9.17, 15) is 22.8 Å². The summed E-state index contributed by atoms with van der Waals surface area (Å²) in [6.07, 6.45) is 1.49. The molecule has 3 aromatic rings. The Morgan fingerprint density at radius 2 is 1.79 bits per heavy atom. The lowest BCUT2D eigenvalue weighted by atomic mass is 10.2. The van der Waals surface area contributed by atoms with Gasteiger partial charge in [-0.15, -0.1) is 0 Å². The van der Waals surface area contributed by atoms with Crippen molar-refractivity contribution >= 4 is 62.3 Å². The Morgan fingerprint density at radius 3 is 2.50 bits per heavy atom. The second-order valence-corrected chi connectivity index (χ2v) is 10.9. The van der Waals surface area contributed by atoms with E-state index in [1.54, 1.807) is 36.4 Å². The number of halogens is 1. The molecule has 1 heterocycles. The van der Waals surface area contributed by atoms with Crippen LogP contribution in [0.15, 0.2) is 82.6 Å². The largest absolute Gasteiger partial charge is 0.490 e. The fourth-order valence-electron chi connectivity index (χ4n) is 3.39. The third-order valence-electron chi connectivity index (χ3n) is 5.11. The second-order valence-electron chi connectivity index (χ2n) is 7.93. The van der Waals surface area contributed by atoms with Gasteiger partial charge in [0.25, 0.3) is 11.1 Å². The first-order valence-corrected chi connectivity index (χ1v) is 13.8. The maximum absolute atomic E-state index is 12.8. The van der Waals surface area contributed by atoms with Crippen LogP contribution < -0.4 is 14.2 Å². The van der Waals surface area contributed by atoms with Gasteiger partial charge in [-0.05, 0) is 71.9 Å². The lowest BCUT2D eigenvalue weighted by Gasteiger charge is -2.13. The molecule has 1 saturated heterocycles. The van der Waals surface area contributed by atoms with Crippen molar-refractivity contribution in [1.29, 1.82) is 0 Å². The SMILES string of the molecule is CC(=O)Nc1ccc(S(=O)(=O)Oc2cccc(/C=C3\SC(=O)N(CCOc4ccccc4Cl)C3=O)c2)cc1. The first-order chi connectivity index (χ1) is 18.1. The van der Waals surface area contributed by atoms with E-state index in [-0.39, 0.29) is 34.6 Å². The van der Waals surface area contributed by atoms with E-state index < -0.39 is 21.3 Å². The molecule has 12 heteroatoms. The minimum atomic E-state index is -4.16. The number of amides is 3. The van der Waals surface area contributed by atoms with Gasteiger partial charge in [-0.25, -0.2) is 0 Å². The van der Waals surface area contributed by atoms with E-state index >= 15 is 0 Å². The van der Waals surface area contributed by atoms with E-state index in [1.807, 2.05) is 0 Å². The Hall–Kier alpha value is -3.80. The van der Waals surface area contributed by atoms with Crippen molar-refractivity contribution in [3.8, 4) is 11.5 Å². The Bertz CT molecular complexity index is 1520. The fourth-order valence-corrected chi connectivity index (χ4v) is 5.37. The lowest BCUT2D eigenvalue weighted by Crippen LogP contribution is -2.32. The van der Waals surface area contributed by atoms with Crippen molar-refractivity contribution in [1.82, 2.24) is 4.90 Å². The molecule has 0 bridgehead atoms. The molecule has 1 N–H and O–H groups in total. The summed E-state index contributed by atoms with van der Waals surface area (Å²) in [7, 11) is -4.16. The molecule has 3 aromatic carbocycles. The predicted octanol–water partition coefficient (Wildman–Crippen LogP) is 5.18. The van der Waals surface area contributed by atoms with Crippen molar-refractivity contribution in [2.45, 2.75) is 11.8 Å². The van der Waals surface area contributed by atoms with Crippen LogP contribution in [0.2, 0.25) is 5.02 Å². The highest BCUT2D eigenvalue weighted by Crippen LogP contribution is 2.33. The van der Waals surface area contributed by atoms with Crippen molar-refractivity contribution in [2.75, 3.05) is 18.5 Å². The van der Waals surface area contributed by atoms with Gasteiger partial charge in [0.2, 0.25) is 5.91 Å². The highest BCUT2D eigenvalue weighted by Gasteiger charge is 2.34. The number of imide groups is 1. The highest BCUT2D eigenvalue weighted by molar-refractivity contribution is 8.18. The molecule has 4 rings (SSSR count). The van der Waals surface area contributed by atoms with Gasteiger partial charge in [0.15, 0.2) is 0 Å². The van der Waals surface area contributed by atoms with Crippen LogP contribution in [-0.2, 0) is 19.7 Å². The summed E-state index contributed by atoms with van der Waals surface area (Å²) in [6, 6.07) is 18.5. The van der Waals surface area contributed by atoms with Crippen LogP contribution in [0.4, 0.5) is 10.5 Å². The number of hydrogen-bond acceptors (Lipinski definition) is 8. The first kappa shape index (κ1) is 27.2. The summed E-state index contributed by atoms with van der Waals surface area (Å²) in [6.45, 7) is 1.45. The summed E-state index contributed by atoms with van der Waals surface area (Å²) in [5.74, 6) is -0.290. The molecule has 196 valence electrons. The van der Waals surface area contributed by atoms with Gasteiger partial charge in [-0.3, -0.25) is 19.3 Å². The van der Waals surface area contributed by atoms with Gasteiger partial charge < -0.3 is 14.2 Å². The molecule has 1 aliphatic rings. The molecule has 1 aliphatic heterocycles. The third kappa shape index (κ3) is 6.74. The number of carbonyl (C=O) groups excluding carboxylic acids is 3. The summed E-state index contributed by atoms with van der Waals surface area (Å²) >= 11 is 6.83. The normalized spacial score (nSPS) is 14.6. The molecular weight excluding hydrogens is 552 g/mol. The van der Waals surface area contributed by atoms with E-state index in [2.05, 4.69) is 5.32 Å². The average Bonchev–Trinajstić information content (AvgIpc) is 3.12. The van der Waals surface area contributed by atoms with Crippen LogP contribution in [0.3, 0.4) is 0 Å². The van der Waals surface area contributed by atoms with Gasteiger partial charge in [-0.2, -0.15) is 8.42 Å². The van der Waals surface area contributed by atoms with Crippen LogP contribution in [0.25, 0.3) is 6.08 Å². The Kier molecular flexibility index (Phi) is 8.40. The topological polar surface area (TPSA) is 119 Å². The van der Waals surface area contributed by atoms with Crippen LogP contribution in [0.1, 0.15) is 12.5 Å². The zero-order chi connectivity index (χ0) is 27.3. The van der Waals surface area contributed by atoms with E-state index in [0.29, 0.717) is 22.0 Å². The van der Waals surface area contributed by atoms with Crippen LogP contribution in [0.5, 0.6) is 11.5 Å². The lowest BCUT2D eigenvalue weighted by molar-refractivity contribution is -0.123. The molecule has 0 atom stereocenters. The zero-order valence-corrected chi connectivity index (χ0v) is 22.3. The molecule has 0 aromatic heterocycles. The highest BCUT2D eigenvalue weighted by atomic mass is 35.5. The second kappa shape index (κ2) is 11.7. The van der Waals surface area contributed by atoms with Gasteiger partial charge in [0, 0.05) is 12.6 Å². The van der Waals surface area contributed by atoms with Crippen molar-refractivity contribution in [2.24, 2.45) is 0 Å². The van der Waals surface area contributed by atoms with E-state index in [1.165, 1.54) is 49.4 Å². The standard InChI is InChI=1S/C26H21ClN2O7S2/c1-17(30)28-19-9-11-21(12-10-19)38(33,34)36-20-6-4-5-18(15-20)16-24-25(31)29(26(32)37-24)13-14-35-23-8-3-2-7-22(23)27/h2-12,15-16H,13-14H2,1H3,(H,28,30)/b24-16-. The molecular formula is C26H21ClN2O7S2. The molecule has 0 radical (unpaired) electrons. The number of para-hydroxylation sites is 1. The van der Waals surface area contributed by atoms with Gasteiger partial charge in [0.05, 0.1) is 16.5 Å². The molecule has 0 aliphatic carbocycles. The maximum atomic E-state index is 12.8. The number of hydrogen-bond donors (Lipinski definition) is 1. The smallest absolute Gasteiger partial charge is 0.339 e. The summed E-state index contributed by atoms with van der Waals surface area (Å²) in [4.78, 5) is 37.5. The molecule has 38 heavy (non-hydrogen) atoms. The van der Waals surface area contributed by atoms with Crippen molar-refractivity contribution in [3.63, 3.8) is 0 Å². The monoisotopic (exact) mass is 572 g/mol. The summed E-state index contributed by atoms with van der Waals surface area (Å²) in [5.41, 5.74) is 0.916. The number of nitrogens with zero attached hydrogens (tertiary/aromatic N) is 1. The number of thioether (sulfide) groups is 1. The molecule has 0 unspecified atom stereocenters. The molecule has 9 nitrogen and oxygen atoms in total. The number of benzene rings is 3. The number of nitrogens with one attached hydrogen (secondary N) is 1. The number of anilines is 1. The molecule has 0 saturated carbocycles. The average molecular weight is 573 g/mol. The number of ether oxygens (including phenoxy) is 1. The third-order valence-corrected chi connectivity index (χ3v) is 7.59. The predicted molar refractivity (Wildman–Crippen MR) is 145 cm³/mol. The summed E-state index contributed by atoms with van der Waals surface area (Å²) in [5, 5.41) is 2.54. The Labute approximate surface area is 228 Å². The van der Waals surface area contributed by atoms with Gasteiger partial charge in [-0.1, -0.05) is 35.9 Å². The van der Waals surface area contributed by atoms with Crippen LogP contribution >= 0.6 is 23.4 Å². The molecule has 1 fully saturated rings. The Morgan fingerprint density at radius 1 is 1.05 bits per heavy atom. The van der Waals surface area contributed by atoms with Crippen LogP contribution in [0, 0.1) is 0 Å². The minimum absolute atomic E-state index is 0.0251. The minimum Gasteiger partial charge on any atom is -0.490 e. The fraction of sp³-hybridized carbons (Fsp3) is 0.115. The first-order valence-electron chi connectivity index (χ1n) is 11.2. The van der Waals surface area contributed by atoms with Gasteiger partial charge in [0.1, 0.15) is 23.0 Å². The van der Waals surface area contributed by atoms with Crippen LogP contribution in [-0.4, -0.2) is 43.5 Å². The Balaban J connectivity index is 1.42. The molecule has 3 amide bonds. The number of rotatable bonds is 9. The zero-order valence-electron chi connectivity index (χ0n) is 19.9. The maximum Gasteiger partial charge on any atom is 0.339 e. The van der Waals surface area contributed by atoms with Crippen molar-refractivity contribution < 1.29 is 31.7 Å². The van der Waals surface area contributed by atoms with Gasteiger partial charge >= 0.3 is 10.1 Å². The van der Waals surface area contributed by atoms with E-state index in [0.717, 1.165) is 16.7 Å². The van der Waals surface area contributed by atoms with E-state index in [4.69, 9.17) is 20.5 Å². The van der Waals surface area contributed by atoms with Crippen molar-refractivity contribution in [3.05, 3.63) is 88.3 Å². The summed E-state index contributed by atoms with van der Waals surface area (Å²) < 4.78 is 36.2.